The second-order valence-corrected chi connectivity index (χ2v) is 6.52. The lowest BCUT2D eigenvalue weighted by Gasteiger charge is -2.20. The number of ketones is 1. The first-order valence-corrected chi connectivity index (χ1v) is 7.35. The first-order chi connectivity index (χ1) is 9.11. The number of rotatable bonds is 5. The number of methoxy groups -OCH3 is 1. The molecule has 0 atom stereocenters. The quantitative estimate of drug-likeness (QED) is 0.775. The van der Waals surface area contributed by atoms with Crippen LogP contribution in [-0.4, -0.2) is 26.5 Å². The van der Waals surface area contributed by atoms with Crippen molar-refractivity contribution in [2.75, 3.05) is 25.6 Å². The molecule has 0 bridgehead atoms. The summed E-state index contributed by atoms with van der Waals surface area (Å²) in [7, 11) is 3.52. The SMILES string of the molecule is COc1ccccc1N(C)CC(=O)c1ccc(Br)s1. The lowest BCUT2D eigenvalue weighted by Crippen LogP contribution is -2.25. The average molecular weight is 340 g/mol. The average Bonchev–Trinajstić information content (AvgIpc) is 2.85. The highest BCUT2D eigenvalue weighted by molar-refractivity contribution is 9.11. The summed E-state index contributed by atoms with van der Waals surface area (Å²) in [5, 5.41) is 0. The van der Waals surface area contributed by atoms with E-state index in [0.29, 0.717) is 6.54 Å². The molecule has 1 heterocycles. The molecular formula is C14H14BrNO2S. The van der Waals surface area contributed by atoms with Gasteiger partial charge in [-0.1, -0.05) is 12.1 Å². The van der Waals surface area contributed by atoms with Crippen LogP contribution in [0.2, 0.25) is 0 Å². The number of ether oxygens (including phenoxy) is 1. The van der Waals surface area contributed by atoms with Crippen molar-refractivity contribution in [2.45, 2.75) is 0 Å². The standard InChI is InChI=1S/C14H14BrNO2S/c1-16(10-5-3-4-6-12(10)18-2)9-11(17)13-7-8-14(15)19-13/h3-8H,9H2,1-2H3. The Bertz CT molecular complexity index is 582. The molecule has 0 N–H and O–H groups in total. The van der Waals surface area contributed by atoms with Crippen LogP contribution in [0.3, 0.4) is 0 Å². The lowest BCUT2D eigenvalue weighted by atomic mass is 10.2. The van der Waals surface area contributed by atoms with Gasteiger partial charge in [-0.3, -0.25) is 4.79 Å². The minimum Gasteiger partial charge on any atom is -0.495 e. The molecule has 0 aliphatic heterocycles. The van der Waals surface area contributed by atoms with Gasteiger partial charge < -0.3 is 9.64 Å². The highest BCUT2D eigenvalue weighted by Gasteiger charge is 2.14. The largest absolute Gasteiger partial charge is 0.495 e. The van der Waals surface area contributed by atoms with Crippen molar-refractivity contribution in [2.24, 2.45) is 0 Å². The molecule has 0 radical (unpaired) electrons. The summed E-state index contributed by atoms with van der Waals surface area (Å²) in [6.45, 7) is 0.327. The van der Waals surface area contributed by atoms with E-state index >= 15 is 0 Å². The van der Waals surface area contributed by atoms with Crippen LogP contribution in [0.25, 0.3) is 0 Å². The number of likely N-dealkylation sites (N-methyl/N-ethyl adjacent to an activating group) is 1. The third-order valence-electron chi connectivity index (χ3n) is 2.73. The molecule has 0 saturated carbocycles. The molecule has 19 heavy (non-hydrogen) atoms. The molecule has 0 aliphatic carbocycles. The minimum atomic E-state index is 0.101. The number of thiophene rings is 1. The first kappa shape index (κ1) is 14.1. The van der Waals surface area contributed by atoms with Crippen LogP contribution in [-0.2, 0) is 0 Å². The minimum absolute atomic E-state index is 0.101. The molecule has 0 aliphatic rings. The number of carbonyl (C=O) groups excluding carboxylic acids is 1. The van der Waals surface area contributed by atoms with Crippen molar-refractivity contribution in [3.05, 3.63) is 45.1 Å². The Morgan fingerprint density at radius 2 is 2.05 bits per heavy atom. The molecule has 1 aromatic carbocycles. The van der Waals surface area contributed by atoms with Gasteiger partial charge in [0.05, 0.1) is 28.0 Å². The van der Waals surface area contributed by atoms with Crippen LogP contribution in [0.4, 0.5) is 5.69 Å². The van der Waals surface area contributed by atoms with E-state index < -0.39 is 0 Å². The Morgan fingerprint density at radius 1 is 1.32 bits per heavy atom. The van der Waals surface area contributed by atoms with Gasteiger partial charge in [-0.15, -0.1) is 11.3 Å². The number of Topliss-reactive ketones (excluding diaryl/α,β-unsaturated/α-hetero) is 1. The molecule has 5 heteroatoms. The number of para-hydroxylation sites is 2. The number of hydrogen-bond donors (Lipinski definition) is 0. The monoisotopic (exact) mass is 339 g/mol. The molecule has 2 rings (SSSR count). The van der Waals surface area contributed by atoms with Crippen LogP contribution in [0.1, 0.15) is 9.67 Å². The molecule has 1 aromatic heterocycles. The van der Waals surface area contributed by atoms with Gasteiger partial charge >= 0.3 is 0 Å². The predicted molar refractivity (Wildman–Crippen MR) is 82.6 cm³/mol. The van der Waals surface area contributed by atoms with E-state index in [0.717, 1.165) is 20.1 Å². The van der Waals surface area contributed by atoms with Gasteiger partial charge in [-0.2, -0.15) is 0 Å². The van der Waals surface area contributed by atoms with Crippen LogP contribution in [0.15, 0.2) is 40.2 Å². The van der Waals surface area contributed by atoms with Gasteiger partial charge in [0, 0.05) is 7.05 Å². The van der Waals surface area contributed by atoms with Gasteiger partial charge in [-0.05, 0) is 40.2 Å². The summed E-state index contributed by atoms with van der Waals surface area (Å²) in [6.07, 6.45) is 0. The fourth-order valence-corrected chi connectivity index (χ4v) is 3.10. The maximum Gasteiger partial charge on any atom is 0.192 e. The third-order valence-corrected chi connectivity index (χ3v) is 4.39. The Morgan fingerprint density at radius 3 is 2.68 bits per heavy atom. The molecule has 2 aromatic rings. The second-order valence-electron chi connectivity index (χ2n) is 4.05. The van der Waals surface area contributed by atoms with E-state index in [9.17, 15) is 4.79 Å². The molecule has 0 unspecified atom stereocenters. The highest BCUT2D eigenvalue weighted by atomic mass is 79.9. The Labute approximate surface area is 124 Å². The summed E-state index contributed by atoms with van der Waals surface area (Å²) in [6, 6.07) is 11.4. The Hall–Kier alpha value is -1.33. The normalized spacial score (nSPS) is 10.3. The first-order valence-electron chi connectivity index (χ1n) is 5.74. The zero-order valence-corrected chi connectivity index (χ0v) is 13.1. The summed E-state index contributed by atoms with van der Waals surface area (Å²) >= 11 is 4.82. The summed E-state index contributed by atoms with van der Waals surface area (Å²) in [5.41, 5.74) is 0.911. The van der Waals surface area contributed by atoms with E-state index in [4.69, 9.17) is 4.74 Å². The number of halogens is 1. The Balaban J connectivity index is 2.12. The van der Waals surface area contributed by atoms with Crippen molar-refractivity contribution in [1.29, 1.82) is 0 Å². The molecule has 0 amide bonds. The lowest BCUT2D eigenvalue weighted by molar-refractivity contribution is 0.100. The molecule has 3 nitrogen and oxygen atoms in total. The van der Waals surface area contributed by atoms with Gasteiger partial charge in [0.25, 0.3) is 0 Å². The molecular weight excluding hydrogens is 326 g/mol. The second kappa shape index (κ2) is 6.21. The number of nitrogens with zero attached hydrogens (tertiary/aromatic N) is 1. The van der Waals surface area contributed by atoms with Gasteiger partial charge in [0.1, 0.15) is 5.75 Å². The predicted octanol–water partition coefficient (Wildman–Crippen LogP) is 3.84. The van der Waals surface area contributed by atoms with Crippen molar-refractivity contribution >= 4 is 38.7 Å². The highest BCUT2D eigenvalue weighted by Crippen LogP contribution is 2.27. The van der Waals surface area contributed by atoms with Gasteiger partial charge in [0.2, 0.25) is 0 Å². The van der Waals surface area contributed by atoms with Crippen LogP contribution in [0.5, 0.6) is 5.75 Å². The van der Waals surface area contributed by atoms with Crippen molar-refractivity contribution < 1.29 is 9.53 Å². The van der Waals surface area contributed by atoms with Gasteiger partial charge in [0.15, 0.2) is 5.78 Å². The van der Waals surface area contributed by atoms with Gasteiger partial charge in [-0.25, -0.2) is 0 Å². The smallest absolute Gasteiger partial charge is 0.192 e. The number of anilines is 1. The summed E-state index contributed by atoms with van der Waals surface area (Å²) in [4.78, 5) is 14.8. The molecule has 0 saturated heterocycles. The molecule has 100 valence electrons. The summed E-state index contributed by atoms with van der Waals surface area (Å²) < 4.78 is 6.27. The third kappa shape index (κ3) is 3.36. The van der Waals surface area contributed by atoms with E-state index in [1.807, 2.05) is 48.3 Å². The van der Waals surface area contributed by atoms with Crippen molar-refractivity contribution in [3.63, 3.8) is 0 Å². The fourth-order valence-electron chi connectivity index (χ4n) is 1.79. The zero-order valence-electron chi connectivity index (χ0n) is 10.7. The zero-order chi connectivity index (χ0) is 13.8. The van der Waals surface area contributed by atoms with Crippen molar-refractivity contribution in [3.8, 4) is 5.75 Å². The number of carbonyl (C=O) groups is 1. The van der Waals surface area contributed by atoms with E-state index in [-0.39, 0.29) is 5.78 Å². The Kier molecular flexibility index (Phi) is 4.61. The van der Waals surface area contributed by atoms with E-state index in [2.05, 4.69) is 15.9 Å². The maximum atomic E-state index is 12.1. The van der Waals surface area contributed by atoms with Crippen molar-refractivity contribution in [1.82, 2.24) is 0 Å². The van der Waals surface area contributed by atoms with Crippen LogP contribution >= 0.6 is 27.3 Å². The van der Waals surface area contributed by atoms with Crippen LogP contribution in [0, 0.1) is 0 Å². The van der Waals surface area contributed by atoms with Crippen LogP contribution < -0.4 is 9.64 Å². The van der Waals surface area contributed by atoms with E-state index in [1.54, 1.807) is 7.11 Å². The topological polar surface area (TPSA) is 29.5 Å². The number of hydrogen-bond acceptors (Lipinski definition) is 4. The molecule has 0 fully saturated rings. The number of benzene rings is 1. The fraction of sp³-hybridized carbons (Fsp3) is 0.214. The summed E-state index contributed by atoms with van der Waals surface area (Å²) in [5.74, 6) is 0.870. The van der Waals surface area contributed by atoms with E-state index in [1.165, 1.54) is 11.3 Å². The maximum absolute atomic E-state index is 12.1. The molecule has 0 spiro atoms.